The summed E-state index contributed by atoms with van der Waals surface area (Å²) >= 11 is 0. The molecule has 2 amide bonds. The van der Waals surface area contributed by atoms with Gasteiger partial charge in [-0.05, 0) is 48.5 Å². The van der Waals surface area contributed by atoms with Crippen molar-refractivity contribution in [1.29, 1.82) is 0 Å². The van der Waals surface area contributed by atoms with Gasteiger partial charge in [-0.3, -0.25) is 4.72 Å². The van der Waals surface area contributed by atoms with Crippen LogP contribution < -0.4 is 15.4 Å². The second-order valence-corrected chi connectivity index (χ2v) is 7.79. The fourth-order valence-electron chi connectivity index (χ4n) is 2.58. The van der Waals surface area contributed by atoms with E-state index in [0.717, 1.165) is 0 Å². The van der Waals surface area contributed by atoms with Crippen LogP contribution >= 0.6 is 0 Å². The van der Waals surface area contributed by atoms with Gasteiger partial charge in [-0.25, -0.2) is 18.0 Å². The lowest BCUT2D eigenvalue weighted by atomic mass is 10.2. The highest BCUT2D eigenvalue weighted by Gasteiger charge is 2.17. The smallest absolute Gasteiger partial charge is 0.337 e. The first kappa shape index (κ1) is 20.9. The van der Waals surface area contributed by atoms with Crippen LogP contribution in [0.3, 0.4) is 0 Å². The molecule has 0 saturated carbocycles. The zero-order chi connectivity index (χ0) is 21.6. The zero-order valence-electron chi connectivity index (χ0n) is 16.0. The molecule has 3 rings (SSSR count). The van der Waals surface area contributed by atoms with Crippen LogP contribution in [0.25, 0.3) is 0 Å². The third-order valence-corrected chi connectivity index (χ3v) is 5.42. The fourth-order valence-corrected chi connectivity index (χ4v) is 3.66. The average Bonchev–Trinajstić information content (AvgIpc) is 2.75. The van der Waals surface area contributed by atoms with Crippen molar-refractivity contribution in [2.45, 2.75) is 4.90 Å². The Morgan fingerprint density at radius 2 is 1.37 bits per heavy atom. The van der Waals surface area contributed by atoms with Crippen LogP contribution in [-0.2, 0) is 14.8 Å². The van der Waals surface area contributed by atoms with E-state index in [4.69, 9.17) is 0 Å². The van der Waals surface area contributed by atoms with E-state index >= 15 is 0 Å². The minimum Gasteiger partial charge on any atom is -0.465 e. The normalized spacial score (nSPS) is 10.7. The monoisotopic (exact) mass is 425 g/mol. The van der Waals surface area contributed by atoms with Crippen molar-refractivity contribution in [3.63, 3.8) is 0 Å². The standard InChI is InChI=1S/C21H19N3O5S/c1-29-20(25)15-11-13-17(14-12-15)30(27,28)24-19-10-6-5-9-18(19)23-21(26)22-16-7-3-2-4-8-16/h2-14,24H,1H3,(H2,22,23,26). The Labute approximate surface area is 173 Å². The molecule has 9 heteroatoms. The molecule has 0 bridgehead atoms. The number of anilines is 3. The van der Waals surface area contributed by atoms with Crippen molar-refractivity contribution in [1.82, 2.24) is 0 Å². The topological polar surface area (TPSA) is 114 Å². The van der Waals surface area contributed by atoms with E-state index in [-0.39, 0.29) is 21.8 Å². The minimum absolute atomic E-state index is 0.0429. The Hall–Kier alpha value is -3.85. The lowest BCUT2D eigenvalue weighted by Gasteiger charge is -2.14. The zero-order valence-corrected chi connectivity index (χ0v) is 16.8. The van der Waals surface area contributed by atoms with E-state index in [1.807, 2.05) is 6.07 Å². The quantitative estimate of drug-likeness (QED) is 0.518. The molecule has 0 aliphatic rings. The molecule has 3 aromatic rings. The predicted molar refractivity (Wildman–Crippen MR) is 114 cm³/mol. The number of carbonyl (C=O) groups is 2. The van der Waals surface area contributed by atoms with E-state index in [2.05, 4.69) is 20.1 Å². The van der Waals surface area contributed by atoms with Crippen LogP contribution in [0.2, 0.25) is 0 Å². The highest BCUT2D eigenvalue weighted by molar-refractivity contribution is 7.92. The van der Waals surface area contributed by atoms with Crippen molar-refractivity contribution >= 4 is 39.1 Å². The number of urea groups is 1. The molecule has 0 saturated heterocycles. The van der Waals surface area contributed by atoms with Gasteiger partial charge in [-0.2, -0.15) is 0 Å². The number of hydrogen-bond donors (Lipinski definition) is 3. The first-order chi connectivity index (χ1) is 14.4. The number of amides is 2. The molecular formula is C21H19N3O5S. The number of para-hydroxylation sites is 3. The van der Waals surface area contributed by atoms with Gasteiger partial charge in [-0.1, -0.05) is 30.3 Å². The van der Waals surface area contributed by atoms with Crippen LogP contribution in [0, 0.1) is 0 Å². The number of nitrogens with one attached hydrogen (secondary N) is 3. The van der Waals surface area contributed by atoms with Gasteiger partial charge < -0.3 is 15.4 Å². The van der Waals surface area contributed by atoms with Crippen LogP contribution in [0.15, 0.2) is 83.8 Å². The molecule has 0 heterocycles. The summed E-state index contributed by atoms with van der Waals surface area (Å²) in [6, 6.07) is 20.0. The van der Waals surface area contributed by atoms with Crippen molar-refractivity contribution in [2.24, 2.45) is 0 Å². The summed E-state index contributed by atoms with van der Waals surface area (Å²) < 4.78 is 32.5. The molecule has 0 atom stereocenters. The molecule has 0 radical (unpaired) electrons. The molecule has 0 aromatic heterocycles. The van der Waals surface area contributed by atoms with E-state index in [9.17, 15) is 18.0 Å². The number of carbonyl (C=O) groups excluding carboxylic acids is 2. The summed E-state index contributed by atoms with van der Waals surface area (Å²) in [5, 5.41) is 5.29. The summed E-state index contributed by atoms with van der Waals surface area (Å²) in [7, 11) is -2.71. The molecule has 0 fully saturated rings. The summed E-state index contributed by atoms with van der Waals surface area (Å²) in [4.78, 5) is 23.7. The summed E-state index contributed by atoms with van der Waals surface area (Å²) in [5.41, 5.74) is 1.30. The third-order valence-electron chi connectivity index (χ3n) is 4.04. The predicted octanol–water partition coefficient (Wildman–Crippen LogP) is 3.92. The van der Waals surface area contributed by atoms with Crippen LogP contribution in [0.5, 0.6) is 0 Å². The van der Waals surface area contributed by atoms with E-state index in [0.29, 0.717) is 5.69 Å². The molecule has 3 N–H and O–H groups in total. The van der Waals surface area contributed by atoms with Crippen molar-refractivity contribution in [2.75, 3.05) is 22.5 Å². The van der Waals surface area contributed by atoms with Gasteiger partial charge in [0, 0.05) is 5.69 Å². The van der Waals surface area contributed by atoms with Gasteiger partial charge >= 0.3 is 12.0 Å². The second kappa shape index (κ2) is 9.10. The molecule has 0 spiro atoms. The summed E-state index contributed by atoms with van der Waals surface area (Å²) in [6.45, 7) is 0. The van der Waals surface area contributed by atoms with Crippen LogP contribution in [-0.4, -0.2) is 27.5 Å². The molecule has 0 aliphatic heterocycles. The molecule has 0 aliphatic carbocycles. The number of ether oxygens (including phenoxy) is 1. The maximum absolute atomic E-state index is 12.7. The maximum atomic E-state index is 12.7. The SMILES string of the molecule is COC(=O)c1ccc(S(=O)(=O)Nc2ccccc2NC(=O)Nc2ccccc2)cc1. The molecule has 8 nitrogen and oxygen atoms in total. The van der Waals surface area contributed by atoms with Crippen molar-refractivity contribution in [3.8, 4) is 0 Å². The molecule has 0 unspecified atom stereocenters. The van der Waals surface area contributed by atoms with E-state index in [1.54, 1.807) is 42.5 Å². The molecule has 30 heavy (non-hydrogen) atoms. The molecule has 154 valence electrons. The Balaban J connectivity index is 1.76. The van der Waals surface area contributed by atoms with Crippen LogP contribution in [0.4, 0.5) is 21.9 Å². The van der Waals surface area contributed by atoms with Crippen molar-refractivity contribution < 1.29 is 22.7 Å². The Morgan fingerprint density at radius 3 is 2.00 bits per heavy atom. The fraction of sp³-hybridized carbons (Fsp3) is 0.0476. The molecular weight excluding hydrogens is 406 g/mol. The first-order valence-corrected chi connectivity index (χ1v) is 10.3. The number of hydrogen-bond acceptors (Lipinski definition) is 5. The van der Waals surface area contributed by atoms with Crippen molar-refractivity contribution in [3.05, 3.63) is 84.4 Å². The number of esters is 1. The average molecular weight is 425 g/mol. The minimum atomic E-state index is -3.95. The van der Waals surface area contributed by atoms with Crippen LogP contribution in [0.1, 0.15) is 10.4 Å². The lowest BCUT2D eigenvalue weighted by Crippen LogP contribution is -2.21. The molecule has 3 aromatic carbocycles. The number of rotatable bonds is 6. The Bertz CT molecular complexity index is 1150. The summed E-state index contributed by atoms with van der Waals surface area (Å²) in [6.07, 6.45) is 0. The number of benzene rings is 3. The van der Waals surface area contributed by atoms with Gasteiger partial charge in [0.05, 0.1) is 28.9 Å². The number of methoxy groups -OCH3 is 1. The van der Waals surface area contributed by atoms with Gasteiger partial charge in [0.2, 0.25) is 0 Å². The lowest BCUT2D eigenvalue weighted by molar-refractivity contribution is 0.0600. The summed E-state index contributed by atoms with van der Waals surface area (Å²) in [5.74, 6) is -0.564. The van der Waals surface area contributed by atoms with Gasteiger partial charge in [-0.15, -0.1) is 0 Å². The van der Waals surface area contributed by atoms with Gasteiger partial charge in [0.1, 0.15) is 0 Å². The van der Waals surface area contributed by atoms with E-state index in [1.165, 1.54) is 37.4 Å². The van der Waals surface area contributed by atoms with E-state index < -0.39 is 22.0 Å². The van der Waals surface area contributed by atoms with Gasteiger partial charge in [0.15, 0.2) is 0 Å². The highest BCUT2D eigenvalue weighted by Crippen LogP contribution is 2.25. The number of sulfonamides is 1. The highest BCUT2D eigenvalue weighted by atomic mass is 32.2. The first-order valence-electron chi connectivity index (χ1n) is 8.82. The maximum Gasteiger partial charge on any atom is 0.337 e. The Morgan fingerprint density at radius 1 is 0.767 bits per heavy atom. The van der Waals surface area contributed by atoms with Gasteiger partial charge in [0.25, 0.3) is 10.0 Å². The third kappa shape index (κ3) is 5.15. The Kier molecular flexibility index (Phi) is 6.33. The second-order valence-electron chi connectivity index (χ2n) is 6.11. The largest absolute Gasteiger partial charge is 0.465 e.